The molecular weight excluding hydrogens is 354 g/mol. The van der Waals surface area contributed by atoms with Crippen molar-refractivity contribution in [3.8, 4) is 11.4 Å². The van der Waals surface area contributed by atoms with Crippen molar-refractivity contribution < 1.29 is 9.90 Å². The Morgan fingerprint density at radius 1 is 1.15 bits per heavy atom. The second-order valence-electron chi connectivity index (χ2n) is 5.88. The summed E-state index contributed by atoms with van der Waals surface area (Å²) in [5, 5.41) is 10.4. The zero-order valence-corrected chi connectivity index (χ0v) is 14.4. The van der Waals surface area contributed by atoms with E-state index in [2.05, 4.69) is 9.97 Å². The first-order valence-corrected chi connectivity index (χ1v) is 8.13. The van der Waals surface area contributed by atoms with Crippen LogP contribution in [0.4, 0.5) is 5.82 Å². The monoisotopic (exact) mass is 367 g/mol. The lowest BCUT2D eigenvalue weighted by Crippen LogP contribution is -2.14. The number of carbonyl (C=O) groups is 1. The largest absolute Gasteiger partial charge is 0.508 e. The highest BCUT2D eigenvalue weighted by Gasteiger charge is 2.25. The van der Waals surface area contributed by atoms with Crippen LogP contribution in [0.2, 0.25) is 5.02 Å². The minimum Gasteiger partial charge on any atom is -0.508 e. The second kappa shape index (κ2) is 5.60. The van der Waals surface area contributed by atoms with Gasteiger partial charge in [-0.15, -0.1) is 0 Å². The second-order valence-corrected chi connectivity index (χ2v) is 6.29. The summed E-state index contributed by atoms with van der Waals surface area (Å²) in [6, 6.07) is 10.3. The highest BCUT2D eigenvalue weighted by molar-refractivity contribution is 6.32. The molecule has 0 aliphatic carbocycles. The normalized spacial score (nSPS) is 11.3. The molecule has 4 rings (SSSR count). The standard InChI is InChI=1S/C18H14ClN5O2/c1-8-12(25)7-6-9(19)15(8)24-16(20)13(17(21)26)14-18(24)23-11-5-3-2-4-10(11)22-14/h2-7,25H,20H2,1H3,(H2,21,26). The molecule has 0 radical (unpaired) electrons. The summed E-state index contributed by atoms with van der Waals surface area (Å²) in [5.74, 6) is -0.608. The van der Waals surface area contributed by atoms with Gasteiger partial charge in [0.1, 0.15) is 22.6 Å². The summed E-state index contributed by atoms with van der Waals surface area (Å²) in [5.41, 5.74) is 14.6. The molecule has 2 aromatic carbocycles. The number of para-hydroxylation sites is 2. The Morgan fingerprint density at radius 3 is 2.46 bits per heavy atom. The SMILES string of the molecule is Cc1c(O)ccc(Cl)c1-n1c(N)c(C(N)=O)c2nc3ccccc3nc21. The molecule has 130 valence electrons. The highest BCUT2D eigenvalue weighted by Crippen LogP contribution is 2.37. The van der Waals surface area contributed by atoms with Crippen LogP contribution in [0.1, 0.15) is 15.9 Å². The van der Waals surface area contributed by atoms with Crippen molar-refractivity contribution in [2.24, 2.45) is 5.73 Å². The molecular formula is C18H14ClN5O2. The first-order valence-electron chi connectivity index (χ1n) is 7.75. The Hall–Kier alpha value is -3.32. The number of hydrogen-bond acceptors (Lipinski definition) is 5. The van der Waals surface area contributed by atoms with E-state index < -0.39 is 5.91 Å². The minimum absolute atomic E-state index is 0.0417. The number of nitrogens with zero attached hydrogens (tertiary/aromatic N) is 3. The molecule has 0 spiro atoms. The quantitative estimate of drug-likeness (QED) is 0.503. The first kappa shape index (κ1) is 16.2. The molecule has 1 amide bonds. The van der Waals surface area contributed by atoms with Crippen LogP contribution in [0.3, 0.4) is 0 Å². The smallest absolute Gasteiger partial charge is 0.254 e. The maximum absolute atomic E-state index is 12.0. The number of carbonyl (C=O) groups excluding carboxylic acids is 1. The van der Waals surface area contributed by atoms with Crippen LogP contribution in [0, 0.1) is 6.92 Å². The molecule has 7 nitrogen and oxygen atoms in total. The number of aromatic hydroxyl groups is 1. The third-order valence-electron chi connectivity index (χ3n) is 4.32. The molecule has 0 aliphatic rings. The van der Waals surface area contributed by atoms with E-state index in [4.69, 9.17) is 23.1 Å². The molecule has 26 heavy (non-hydrogen) atoms. The van der Waals surface area contributed by atoms with Gasteiger partial charge in [-0.05, 0) is 31.2 Å². The average Bonchev–Trinajstić information content (AvgIpc) is 2.88. The maximum Gasteiger partial charge on any atom is 0.254 e. The lowest BCUT2D eigenvalue weighted by molar-refractivity contribution is 0.100. The van der Waals surface area contributed by atoms with Gasteiger partial charge in [0.25, 0.3) is 5.91 Å². The number of halogens is 1. The number of benzene rings is 2. The number of fused-ring (bicyclic) bond motifs is 2. The molecule has 0 fully saturated rings. The summed E-state index contributed by atoms with van der Waals surface area (Å²) < 4.78 is 1.51. The number of phenolic OH excluding ortho intramolecular Hbond substituents is 1. The van der Waals surface area contributed by atoms with Gasteiger partial charge in [-0.25, -0.2) is 9.97 Å². The number of aromatic nitrogens is 3. The first-order chi connectivity index (χ1) is 12.4. The predicted octanol–water partition coefficient (Wildman–Crippen LogP) is 2.92. The predicted molar refractivity (Wildman–Crippen MR) is 101 cm³/mol. The van der Waals surface area contributed by atoms with Crippen molar-refractivity contribution in [3.63, 3.8) is 0 Å². The van der Waals surface area contributed by atoms with E-state index in [9.17, 15) is 9.90 Å². The number of hydrogen-bond donors (Lipinski definition) is 3. The van der Waals surface area contributed by atoms with Gasteiger partial charge in [0.2, 0.25) is 0 Å². The highest BCUT2D eigenvalue weighted by atomic mass is 35.5. The van der Waals surface area contributed by atoms with Gasteiger partial charge in [-0.2, -0.15) is 0 Å². The van der Waals surface area contributed by atoms with Gasteiger partial charge in [0.15, 0.2) is 5.65 Å². The van der Waals surface area contributed by atoms with Crippen LogP contribution >= 0.6 is 11.6 Å². The van der Waals surface area contributed by atoms with Gasteiger partial charge >= 0.3 is 0 Å². The average molecular weight is 368 g/mol. The van der Waals surface area contributed by atoms with Crippen molar-refractivity contribution >= 4 is 45.5 Å². The van der Waals surface area contributed by atoms with Crippen molar-refractivity contribution in [2.45, 2.75) is 6.92 Å². The summed E-state index contributed by atoms with van der Waals surface area (Å²) in [7, 11) is 0. The number of phenols is 1. The summed E-state index contributed by atoms with van der Waals surface area (Å²) >= 11 is 6.36. The van der Waals surface area contributed by atoms with Crippen LogP contribution in [0.15, 0.2) is 36.4 Å². The van der Waals surface area contributed by atoms with Gasteiger partial charge in [0, 0.05) is 5.56 Å². The van der Waals surface area contributed by atoms with Crippen LogP contribution in [-0.4, -0.2) is 25.5 Å². The summed E-state index contributed by atoms with van der Waals surface area (Å²) in [6.45, 7) is 1.69. The lowest BCUT2D eigenvalue weighted by atomic mass is 10.1. The molecule has 5 N–H and O–H groups in total. The van der Waals surface area contributed by atoms with Gasteiger partial charge in [-0.3, -0.25) is 9.36 Å². The third-order valence-corrected chi connectivity index (χ3v) is 4.63. The number of primary amides is 1. The molecule has 8 heteroatoms. The van der Waals surface area contributed by atoms with E-state index in [0.29, 0.717) is 33.0 Å². The van der Waals surface area contributed by atoms with Crippen LogP contribution < -0.4 is 11.5 Å². The number of amides is 1. The van der Waals surface area contributed by atoms with Crippen molar-refractivity contribution in [1.82, 2.24) is 14.5 Å². The van der Waals surface area contributed by atoms with E-state index in [-0.39, 0.29) is 22.6 Å². The Morgan fingerprint density at radius 2 is 1.81 bits per heavy atom. The van der Waals surface area contributed by atoms with Crippen LogP contribution in [-0.2, 0) is 0 Å². The van der Waals surface area contributed by atoms with E-state index in [1.807, 2.05) is 12.1 Å². The molecule has 0 saturated heterocycles. The number of nitrogen functional groups attached to an aromatic ring is 1. The molecule has 4 aromatic rings. The topological polar surface area (TPSA) is 120 Å². The molecule has 0 atom stereocenters. The molecule has 2 aromatic heterocycles. The zero-order valence-electron chi connectivity index (χ0n) is 13.7. The van der Waals surface area contributed by atoms with Crippen LogP contribution in [0.25, 0.3) is 27.9 Å². The van der Waals surface area contributed by atoms with E-state index in [1.165, 1.54) is 10.6 Å². The van der Waals surface area contributed by atoms with E-state index >= 15 is 0 Å². The number of rotatable bonds is 2. The molecule has 0 aliphatic heterocycles. The van der Waals surface area contributed by atoms with Gasteiger partial charge in [0.05, 0.1) is 21.7 Å². The van der Waals surface area contributed by atoms with E-state index in [1.54, 1.807) is 25.1 Å². The number of nitrogens with two attached hydrogens (primary N) is 2. The maximum atomic E-state index is 12.0. The zero-order chi connectivity index (χ0) is 18.6. The fourth-order valence-corrected chi connectivity index (χ4v) is 3.35. The Labute approximate surface area is 152 Å². The van der Waals surface area contributed by atoms with Gasteiger partial charge < -0.3 is 16.6 Å². The fourth-order valence-electron chi connectivity index (χ4n) is 3.06. The Kier molecular flexibility index (Phi) is 3.48. The summed E-state index contributed by atoms with van der Waals surface area (Å²) in [6.07, 6.45) is 0. The van der Waals surface area contributed by atoms with Crippen molar-refractivity contribution in [1.29, 1.82) is 0 Å². The van der Waals surface area contributed by atoms with Crippen LogP contribution in [0.5, 0.6) is 5.75 Å². The molecule has 0 saturated carbocycles. The number of anilines is 1. The Bertz CT molecular complexity index is 1220. The fraction of sp³-hybridized carbons (Fsp3) is 0.0556. The van der Waals surface area contributed by atoms with Gasteiger partial charge in [-0.1, -0.05) is 23.7 Å². The third kappa shape index (κ3) is 2.18. The Balaban J connectivity index is 2.23. The van der Waals surface area contributed by atoms with Crippen molar-refractivity contribution in [2.75, 3.05) is 5.73 Å². The van der Waals surface area contributed by atoms with Crippen molar-refractivity contribution in [3.05, 3.63) is 52.5 Å². The molecule has 0 bridgehead atoms. The molecule has 0 unspecified atom stereocenters. The minimum atomic E-state index is -0.718. The molecule has 2 heterocycles. The lowest BCUT2D eigenvalue weighted by Gasteiger charge is -2.14. The summed E-state index contributed by atoms with van der Waals surface area (Å²) in [4.78, 5) is 21.2. The van der Waals surface area contributed by atoms with E-state index in [0.717, 1.165) is 0 Å².